The summed E-state index contributed by atoms with van der Waals surface area (Å²) in [4.78, 5) is 28.2. The highest BCUT2D eigenvalue weighted by Gasteiger charge is 2.25. The molecule has 150 valence electrons. The highest BCUT2D eigenvalue weighted by Crippen LogP contribution is 2.20. The molecule has 2 aromatic rings. The molecule has 0 radical (unpaired) electrons. The van der Waals surface area contributed by atoms with Crippen LogP contribution in [-0.2, 0) is 16.1 Å². The Kier molecular flexibility index (Phi) is 9.58. The third kappa shape index (κ3) is 7.32. The molecule has 0 fully saturated rings. The fraction of sp³-hybridized carbons (Fsp3) is 0.364. The van der Waals surface area contributed by atoms with Crippen LogP contribution in [0.2, 0.25) is 0 Å². The molecule has 1 unspecified atom stereocenters. The summed E-state index contributed by atoms with van der Waals surface area (Å²) >= 11 is 5.08. The minimum Gasteiger partial charge on any atom is -0.354 e. The molecule has 0 spiro atoms. The van der Waals surface area contributed by atoms with Gasteiger partial charge >= 0.3 is 0 Å². The molecule has 0 aliphatic carbocycles. The van der Waals surface area contributed by atoms with E-state index in [2.05, 4.69) is 21.2 Å². The van der Waals surface area contributed by atoms with E-state index in [4.69, 9.17) is 0 Å². The van der Waals surface area contributed by atoms with Gasteiger partial charge < -0.3 is 10.2 Å². The van der Waals surface area contributed by atoms with E-state index >= 15 is 0 Å². The van der Waals surface area contributed by atoms with E-state index < -0.39 is 6.04 Å². The van der Waals surface area contributed by atoms with E-state index in [-0.39, 0.29) is 11.8 Å². The van der Waals surface area contributed by atoms with E-state index in [1.165, 1.54) is 0 Å². The molecule has 0 saturated heterocycles. The van der Waals surface area contributed by atoms with Gasteiger partial charge in [-0.2, -0.15) is 0 Å². The fourth-order valence-corrected chi connectivity index (χ4v) is 3.81. The Morgan fingerprint density at radius 2 is 1.79 bits per heavy atom. The van der Waals surface area contributed by atoms with Crippen molar-refractivity contribution in [3.8, 4) is 0 Å². The maximum atomic E-state index is 12.9. The summed E-state index contributed by atoms with van der Waals surface area (Å²) in [5, 5.41) is 2.90. The Morgan fingerprint density at radius 1 is 1.11 bits per heavy atom. The number of nitrogens with zero attached hydrogens (tertiary/aromatic N) is 1. The molecular weight excluding hydrogens is 436 g/mol. The molecule has 0 aliphatic rings. The lowest BCUT2D eigenvalue weighted by Crippen LogP contribution is -2.47. The van der Waals surface area contributed by atoms with Gasteiger partial charge in [-0.05, 0) is 43.2 Å². The van der Waals surface area contributed by atoms with Crippen molar-refractivity contribution in [2.45, 2.75) is 44.2 Å². The highest BCUT2D eigenvalue weighted by molar-refractivity contribution is 9.10. The third-order valence-corrected chi connectivity index (χ3v) is 5.85. The number of benzene rings is 2. The second-order valence-corrected chi connectivity index (χ2v) is 8.61. The zero-order chi connectivity index (χ0) is 20.4. The fourth-order valence-electron chi connectivity index (χ4n) is 2.68. The number of amides is 2. The van der Waals surface area contributed by atoms with Crippen molar-refractivity contribution in [1.82, 2.24) is 10.2 Å². The molecule has 0 aromatic heterocycles. The molecule has 1 N–H and O–H groups in total. The molecule has 4 nitrogen and oxygen atoms in total. The molecule has 0 heterocycles. The van der Waals surface area contributed by atoms with Crippen molar-refractivity contribution in [1.29, 1.82) is 0 Å². The van der Waals surface area contributed by atoms with Crippen molar-refractivity contribution < 1.29 is 9.59 Å². The Hall–Kier alpha value is -1.79. The van der Waals surface area contributed by atoms with Crippen LogP contribution in [0.4, 0.5) is 0 Å². The highest BCUT2D eigenvalue weighted by atomic mass is 79.9. The number of nitrogens with one attached hydrogen (secondary N) is 1. The van der Waals surface area contributed by atoms with Gasteiger partial charge in [0.2, 0.25) is 11.8 Å². The largest absolute Gasteiger partial charge is 0.354 e. The van der Waals surface area contributed by atoms with Gasteiger partial charge in [0.25, 0.3) is 0 Å². The number of halogens is 1. The van der Waals surface area contributed by atoms with Crippen molar-refractivity contribution in [3.63, 3.8) is 0 Å². The van der Waals surface area contributed by atoms with Crippen LogP contribution in [-0.4, -0.2) is 35.1 Å². The number of rotatable bonds is 10. The van der Waals surface area contributed by atoms with Gasteiger partial charge in [-0.1, -0.05) is 53.2 Å². The molecular formula is C22H27BrN2O2S. The first-order valence-corrected chi connectivity index (χ1v) is 11.3. The van der Waals surface area contributed by atoms with Crippen LogP contribution in [0.1, 0.15) is 32.3 Å². The number of carbonyl (C=O) groups is 2. The monoisotopic (exact) mass is 462 g/mol. The van der Waals surface area contributed by atoms with Crippen LogP contribution in [0, 0.1) is 0 Å². The third-order valence-electron chi connectivity index (χ3n) is 4.31. The second kappa shape index (κ2) is 11.9. The summed E-state index contributed by atoms with van der Waals surface area (Å²) in [6.07, 6.45) is 1.26. The van der Waals surface area contributed by atoms with Crippen LogP contribution >= 0.6 is 27.7 Å². The zero-order valence-corrected chi connectivity index (χ0v) is 18.8. The number of hydrogen-bond acceptors (Lipinski definition) is 3. The van der Waals surface area contributed by atoms with Crippen LogP contribution in [0.15, 0.2) is 64.0 Å². The van der Waals surface area contributed by atoms with Gasteiger partial charge in [0.15, 0.2) is 0 Å². The first kappa shape index (κ1) is 22.5. The molecule has 2 rings (SSSR count). The molecule has 2 aromatic carbocycles. The van der Waals surface area contributed by atoms with Gasteiger partial charge in [-0.25, -0.2) is 0 Å². The Morgan fingerprint density at radius 3 is 2.43 bits per heavy atom. The van der Waals surface area contributed by atoms with Crippen LogP contribution in [0.5, 0.6) is 0 Å². The summed E-state index contributed by atoms with van der Waals surface area (Å²) in [7, 11) is 0. The SMILES string of the molecule is CCCNC(=O)C(C)N(Cc1ccc(Br)cc1)C(=O)CCSc1ccccc1. The van der Waals surface area contributed by atoms with Crippen LogP contribution < -0.4 is 5.32 Å². The van der Waals surface area contributed by atoms with E-state index in [9.17, 15) is 9.59 Å². The summed E-state index contributed by atoms with van der Waals surface area (Å²) in [6.45, 7) is 4.85. The summed E-state index contributed by atoms with van der Waals surface area (Å²) in [6, 6.07) is 17.4. The number of thioether (sulfide) groups is 1. The van der Waals surface area contributed by atoms with Crippen molar-refractivity contribution in [3.05, 3.63) is 64.6 Å². The van der Waals surface area contributed by atoms with E-state index in [0.717, 1.165) is 21.4 Å². The Balaban J connectivity index is 2.03. The van der Waals surface area contributed by atoms with Crippen molar-refractivity contribution in [2.75, 3.05) is 12.3 Å². The van der Waals surface area contributed by atoms with Crippen LogP contribution in [0.25, 0.3) is 0 Å². The lowest BCUT2D eigenvalue weighted by atomic mass is 10.1. The maximum Gasteiger partial charge on any atom is 0.242 e. The topological polar surface area (TPSA) is 49.4 Å². The molecule has 0 aliphatic heterocycles. The predicted molar refractivity (Wildman–Crippen MR) is 119 cm³/mol. The molecule has 28 heavy (non-hydrogen) atoms. The average molecular weight is 463 g/mol. The van der Waals surface area contributed by atoms with Gasteiger partial charge in [-0.3, -0.25) is 9.59 Å². The summed E-state index contributed by atoms with van der Waals surface area (Å²) in [5.41, 5.74) is 1.00. The van der Waals surface area contributed by atoms with Crippen LogP contribution in [0.3, 0.4) is 0 Å². The van der Waals surface area contributed by atoms with Crippen molar-refractivity contribution in [2.24, 2.45) is 0 Å². The first-order valence-electron chi connectivity index (χ1n) is 9.50. The first-order chi connectivity index (χ1) is 13.5. The lowest BCUT2D eigenvalue weighted by molar-refractivity contribution is -0.140. The van der Waals surface area contributed by atoms with Gasteiger partial charge in [0, 0.05) is 34.6 Å². The average Bonchev–Trinajstić information content (AvgIpc) is 2.71. The summed E-state index contributed by atoms with van der Waals surface area (Å²) in [5.74, 6) is 0.566. The normalized spacial score (nSPS) is 11.7. The molecule has 0 saturated carbocycles. The van der Waals surface area contributed by atoms with E-state index in [1.807, 2.05) is 61.5 Å². The second-order valence-electron chi connectivity index (χ2n) is 6.53. The molecule has 1 atom stereocenters. The molecule has 6 heteroatoms. The standard InChI is InChI=1S/C22H27BrN2O2S/c1-3-14-24-22(27)17(2)25(16-18-9-11-19(23)12-10-18)21(26)13-15-28-20-7-5-4-6-8-20/h4-12,17H,3,13-16H2,1-2H3,(H,24,27). The quantitative estimate of drug-likeness (QED) is 0.512. The molecule has 0 bridgehead atoms. The minimum absolute atomic E-state index is 0.00880. The predicted octanol–water partition coefficient (Wildman–Crippen LogP) is 4.87. The van der Waals surface area contributed by atoms with E-state index in [0.29, 0.717) is 25.3 Å². The lowest BCUT2D eigenvalue weighted by Gasteiger charge is -2.29. The van der Waals surface area contributed by atoms with Crippen molar-refractivity contribution >= 4 is 39.5 Å². The summed E-state index contributed by atoms with van der Waals surface area (Å²) < 4.78 is 0.988. The Bertz CT molecular complexity index is 753. The van der Waals surface area contributed by atoms with Gasteiger partial charge in [0.1, 0.15) is 6.04 Å². The maximum absolute atomic E-state index is 12.9. The smallest absolute Gasteiger partial charge is 0.242 e. The number of carbonyl (C=O) groups excluding carboxylic acids is 2. The number of hydrogen-bond donors (Lipinski definition) is 1. The molecule has 2 amide bonds. The van der Waals surface area contributed by atoms with Gasteiger partial charge in [-0.15, -0.1) is 11.8 Å². The minimum atomic E-state index is -0.510. The Labute approximate surface area is 180 Å². The van der Waals surface area contributed by atoms with Gasteiger partial charge in [0.05, 0.1) is 0 Å². The van der Waals surface area contributed by atoms with E-state index in [1.54, 1.807) is 23.6 Å². The zero-order valence-electron chi connectivity index (χ0n) is 16.4.